The second-order valence-corrected chi connectivity index (χ2v) is 6.03. The van der Waals surface area contributed by atoms with Gasteiger partial charge in [-0.3, -0.25) is 9.69 Å². The number of hydrogen-bond acceptors (Lipinski definition) is 3. The SMILES string of the molecule is CC(C)C(C)(O)CN1CCN2C(=O)CCC2C1. The average Bonchev–Trinajstić information content (AvgIpc) is 2.59. The Morgan fingerprint density at radius 1 is 1.47 bits per heavy atom. The molecule has 17 heavy (non-hydrogen) atoms. The van der Waals surface area contributed by atoms with Crippen molar-refractivity contribution in [2.24, 2.45) is 5.92 Å². The zero-order valence-electron chi connectivity index (χ0n) is 11.1. The molecule has 98 valence electrons. The van der Waals surface area contributed by atoms with E-state index in [4.69, 9.17) is 0 Å². The summed E-state index contributed by atoms with van der Waals surface area (Å²) in [4.78, 5) is 15.9. The molecule has 2 atom stereocenters. The third-order valence-corrected chi connectivity index (χ3v) is 4.37. The highest BCUT2D eigenvalue weighted by molar-refractivity contribution is 5.78. The van der Waals surface area contributed by atoms with Crippen LogP contribution in [0.15, 0.2) is 0 Å². The third-order valence-electron chi connectivity index (χ3n) is 4.37. The van der Waals surface area contributed by atoms with E-state index >= 15 is 0 Å². The number of amides is 1. The predicted molar refractivity (Wildman–Crippen MR) is 66.6 cm³/mol. The molecule has 2 rings (SSSR count). The summed E-state index contributed by atoms with van der Waals surface area (Å²) in [5.74, 6) is 0.566. The number of fused-ring (bicyclic) bond motifs is 1. The molecule has 4 nitrogen and oxygen atoms in total. The molecular formula is C13H24N2O2. The Kier molecular flexibility index (Phi) is 3.46. The summed E-state index contributed by atoms with van der Waals surface area (Å²) in [5.41, 5.74) is -0.634. The van der Waals surface area contributed by atoms with Gasteiger partial charge in [0.1, 0.15) is 0 Å². The fraction of sp³-hybridized carbons (Fsp3) is 0.923. The molecule has 2 aliphatic heterocycles. The van der Waals surface area contributed by atoms with E-state index in [9.17, 15) is 9.90 Å². The predicted octanol–water partition coefficient (Wildman–Crippen LogP) is 0.700. The summed E-state index contributed by atoms with van der Waals surface area (Å²) < 4.78 is 0. The smallest absolute Gasteiger partial charge is 0.222 e. The van der Waals surface area contributed by atoms with Crippen molar-refractivity contribution in [2.75, 3.05) is 26.2 Å². The van der Waals surface area contributed by atoms with Crippen LogP contribution in [0.25, 0.3) is 0 Å². The van der Waals surface area contributed by atoms with Crippen LogP contribution < -0.4 is 0 Å². The average molecular weight is 240 g/mol. The van der Waals surface area contributed by atoms with Crippen molar-refractivity contribution in [3.05, 3.63) is 0 Å². The van der Waals surface area contributed by atoms with Gasteiger partial charge in [0.15, 0.2) is 0 Å². The molecule has 0 radical (unpaired) electrons. The van der Waals surface area contributed by atoms with Crippen LogP contribution in [0, 0.1) is 5.92 Å². The summed E-state index contributed by atoms with van der Waals surface area (Å²) in [5, 5.41) is 10.3. The van der Waals surface area contributed by atoms with Gasteiger partial charge in [-0.1, -0.05) is 13.8 Å². The summed E-state index contributed by atoms with van der Waals surface area (Å²) >= 11 is 0. The molecule has 0 aromatic heterocycles. The molecule has 2 saturated heterocycles. The number of aliphatic hydroxyl groups is 1. The molecule has 1 amide bonds. The maximum Gasteiger partial charge on any atom is 0.222 e. The summed E-state index contributed by atoms with van der Waals surface area (Å²) in [6.45, 7) is 9.37. The van der Waals surface area contributed by atoms with E-state index in [1.807, 2.05) is 11.8 Å². The van der Waals surface area contributed by atoms with E-state index in [0.29, 0.717) is 24.9 Å². The Balaban J connectivity index is 1.91. The molecule has 0 bridgehead atoms. The Bertz CT molecular complexity index is 302. The van der Waals surface area contributed by atoms with Gasteiger partial charge in [-0.05, 0) is 19.3 Å². The maximum atomic E-state index is 11.6. The Hall–Kier alpha value is -0.610. The van der Waals surface area contributed by atoms with Crippen LogP contribution in [0.1, 0.15) is 33.6 Å². The Morgan fingerprint density at radius 3 is 2.82 bits per heavy atom. The first-order valence-electron chi connectivity index (χ1n) is 6.64. The lowest BCUT2D eigenvalue weighted by molar-refractivity contribution is -0.131. The normalized spacial score (nSPS) is 29.6. The lowest BCUT2D eigenvalue weighted by Gasteiger charge is -2.41. The topological polar surface area (TPSA) is 43.8 Å². The highest BCUT2D eigenvalue weighted by Crippen LogP contribution is 2.25. The van der Waals surface area contributed by atoms with Gasteiger partial charge in [0, 0.05) is 38.6 Å². The van der Waals surface area contributed by atoms with Gasteiger partial charge >= 0.3 is 0 Å². The van der Waals surface area contributed by atoms with E-state index in [-0.39, 0.29) is 5.92 Å². The lowest BCUT2D eigenvalue weighted by Crippen LogP contribution is -2.55. The van der Waals surface area contributed by atoms with E-state index in [0.717, 1.165) is 26.1 Å². The number of carbonyl (C=O) groups excluding carboxylic acids is 1. The van der Waals surface area contributed by atoms with Crippen LogP contribution in [-0.2, 0) is 4.79 Å². The summed E-state index contributed by atoms with van der Waals surface area (Å²) in [6, 6.07) is 0.388. The minimum absolute atomic E-state index is 0.255. The number of nitrogens with zero attached hydrogens (tertiary/aromatic N) is 2. The van der Waals surface area contributed by atoms with Crippen molar-refractivity contribution in [3.63, 3.8) is 0 Å². The molecule has 1 N–H and O–H groups in total. The van der Waals surface area contributed by atoms with Crippen molar-refractivity contribution in [3.8, 4) is 0 Å². The summed E-state index contributed by atoms with van der Waals surface area (Å²) in [7, 11) is 0. The first-order chi connectivity index (χ1) is 7.90. The first kappa shape index (κ1) is 12.8. The molecule has 0 aromatic rings. The van der Waals surface area contributed by atoms with Crippen LogP contribution in [0.2, 0.25) is 0 Å². The molecule has 2 fully saturated rings. The molecule has 0 saturated carbocycles. The third kappa shape index (κ3) is 2.63. The van der Waals surface area contributed by atoms with Crippen LogP contribution in [0.4, 0.5) is 0 Å². The van der Waals surface area contributed by atoms with Gasteiger partial charge in [-0.15, -0.1) is 0 Å². The maximum absolute atomic E-state index is 11.6. The van der Waals surface area contributed by atoms with Crippen LogP contribution in [0.5, 0.6) is 0 Å². The second-order valence-electron chi connectivity index (χ2n) is 6.03. The second kappa shape index (κ2) is 4.58. The first-order valence-corrected chi connectivity index (χ1v) is 6.64. The molecule has 2 heterocycles. The molecule has 4 heteroatoms. The van der Waals surface area contributed by atoms with Crippen LogP contribution in [0.3, 0.4) is 0 Å². The number of β-amino-alcohol motifs (C(OH)–C–C–N with tert-alkyl or cyclic N) is 1. The molecule has 0 aliphatic carbocycles. The highest BCUT2D eigenvalue weighted by Gasteiger charge is 2.37. The molecule has 2 aliphatic rings. The summed E-state index contributed by atoms with van der Waals surface area (Å²) in [6.07, 6.45) is 1.69. The molecule has 2 unspecified atom stereocenters. The zero-order valence-corrected chi connectivity index (χ0v) is 11.1. The van der Waals surface area contributed by atoms with Crippen LogP contribution in [-0.4, -0.2) is 58.6 Å². The standard InChI is InChI=1S/C13H24N2O2/c1-10(2)13(3,17)9-14-6-7-15-11(8-14)4-5-12(15)16/h10-11,17H,4-9H2,1-3H3. The van der Waals surface area contributed by atoms with Crippen molar-refractivity contribution in [1.29, 1.82) is 0 Å². The van der Waals surface area contributed by atoms with Gasteiger partial charge < -0.3 is 10.0 Å². The minimum Gasteiger partial charge on any atom is -0.389 e. The van der Waals surface area contributed by atoms with E-state index in [2.05, 4.69) is 18.7 Å². The number of piperazine rings is 1. The van der Waals surface area contributed by atoms with E-state index < -0.39 is 5.60 Å². The molecule has 0 spiro atoms. The number of carbonyl (C=O) groups is 1. The van der Waals surface area contributed by atoms with Gasteiger partial charge in [0.25, 0.3) is 0 Å². The number of hydrogen-bond donors (Lipinski definition) is 1. The van der Waals surface area contributed by atoms with Crippen molar-refractivity contribution < 1.29 is 9.90 Å². The fourth-order valence-corrected chi connectivity index (χ4v) is 2.71. The van der Waals surface area contributed by atoms with Crippen molar-refractivity contribution >= 4 is 5.91 Å². The Morgan fingerprint density at radius 2 is 2.18 bits per heavy atom. The van der Waals surface area contributed by atoms with E-state index in [1.165, 1.54) is 0 Å². The molecular weight excluding hydrogens is 216 g/mol. The fourth-order valence-electron chi connectivity index (χ4n) is 2.71. The van der Waals surface area contributed by atoms with Gasteiger partial charge in [-0.2, -0.15) is 0 Å². The minimum atomic E-state index is -0.634. The molecule has 0 aromatic carbocycles. The number of rotatable bonds is 3. The highest BCUT2D eigenvalue weighted by atomic mass is 16.3. The van der Waals surface area contributed by atoms with Gasteiger partial charge in [-0.25, -0.2) is 0 Å². The lowest BCUT2D eigenvalue weighted by atomic mass is 9.91. The zero-order chi connectivity index (χ0) is 12.6. The van der Waals surface area contributed by atoms with Crippen molar-refractivity contribution in [1.82, 2.24) is 9.80 Å². The van der Waals surface area contributed by atoms with E-state index in [1.54, 1.807) is 0 Å². The van der Waals surface area contributed by atoms with Crippen LogP contribution >= 0.6 is 0 Å². The Labute approximate surface area is 104 Å². The largest absolute Gasteiger partial charge is 0.389 e. The van der Waals surface area contributed by atoms with Crippen molar-refractivity contribution in [2.45, 2.75) is 45.3 Å². The monoisotopic (exact) mass is 240 g/mol. The van der Waals surface area contributed by atoms with Gasteiger partial charge in [0.2, 0.25) is 5.91 Å². The van der Waals surface area contributed by atoms with Gasteiger partial charge in [0.05, 0.1) is 5.60 Å². The quantitative estimate of drug-likeness (QED) is 0.790.